The number of anilines is 1. The molecule has 0 unspecified atom stereocenters. The fraction of sp³-hybridized carbons (Fsp3) is 0.538. The molecule has 1 saturated heterocycles. The average molecular weight is 285 g/mol. The van der Waals surface area contributed by atoms with Gasteiger partial charge in [-0.3, -0.25) is 0 Å². The van der Waals surface area contributed by atoms with Crippen LogP contribution in [0.5, 0.6) is 0 Å². The quantitative estimate of drug-likeness (QED) is 0.864. The molecule has 19 heavy (non-hydrogen) atoms. The average Bonchev–Trinajstić information content (AvgIpc) is 2.39. The van der Waals surface area contributed by atoms with E-state index in [0.29, 0.717) is 18.1 Å². The minimum Gasteiger partial charge on any atom is -0.394 e. The maximum absolute atomic E-state index is 11.4. The number of rotatable bonds is 4. The molecule has 1 aliphatic rings. The number of sulfone groups is 1. The van der Waals surface area contributed by atoms with Crippen molar-refractivity contribution in [3.8, 4) is 0 Å². The number of ether oxygens (including phenoxy) is 1. The lowest BCUT2D eigenvalue weighted by Gasteiger charge is -2.37. The summed E-state index contributed by atoms with van der Waals surface area (Å²) >= 11 is 0. The molecule has 1 aromatic rings. The molecule has 1 aromatic carbocycles. The first-order chi connectivity index (χ1) is 8.95. The van der Waals surface area contributed by atoms with Gasteiger partial charge in [-0.05, 0) is 37.1 Å². The molecule has 1 fully saturated rings. The summed E-state index contributed by atoms with van der Waals surface area (Å²) in [6.07, 6.45) is 2.65. The molecule has 1 aliphatic heterocycles. The van der Waals surface area contributed by atoms with Gasteiger partial charge >= 0.3 is 0 Å². The summed E-state index contributed by atoms with van der Waals surface area (Å²) < 4.78 is 28.1. The van der Waals surface area contributed by atoms with E-state index < -0.39 is 9.84 Å². The monoisotopic (exact) mass is 285 g/mol. The van der Waals surface area contributed by atoms with E-state index in [2.05, 4.69) is 5.32 Å². The van der Waals surface area contributed by atoms with E-state index in [-0.39, 0.29) is 12.1 Å². The molecule has 0 aliphatic carbocycles. The van der Waals surface area contributed by atoms with Crippen molar-refractivity contribution in [3.63, 3.8) is 0 Å². The van der Waals surface area contributed by atoms with Crippen molar-refractivity contribution in [2.45, 2.75) is 23.3 Å². The van der Waals surface area contributed by atoms with Gasteiger partial charge in [0.1, 0.15) is 0 Å². The van der Waals surface area contributed by atoms with Crippen LogP contribution in [0.15, 0.2) is 29.2 Å². The molecular formula is C13H19NO4S. The highest BCUT2D eigenvalue weighted by molar-refractivity contribution is 7.90. The summed E-state index contributed by atoms with van der Waals surface area (Å²) in [5, 5.41) is 12.9. The molecule has 0 aromatic heterocycles. The molecule has 2 rings (SSSR count). The number of aliphatic hydroxyl groups excluding tert-OH is 1. The second-order valence-electron chi connectivity index (χ2n) is 4.97. The van der Waals surface area contributed by atoms with Crippen molar-refractivity contribution in [2.24, 2.45) is 0 Å². The minimum absolute atomic E-state index is 0.0319. The third-order valence-electron chi connectivity index (χ3n) is 3.44. The van der Waals surface area contributed by atoms with Crippen LogP contribution in [0, 0.1) is 0 Å². The fourth-order valence-electron chi connectivity index (χ4n) is 2.18. The van der Waals surface area contributed by atoms with Gasteiger partial charge in [0.15, 0.2) is 9.84 Å². The van der Waals surface area contributed by atoms with Gasteiger partial charge in [-0.2, -0.15) is 0 Å². The molecule has 0 spiro atoms. The van der Waals surface area contributed by atoms with E-state index in [4.69, 9.17) is 4.74 Å². The van der Waals surface area contributed by atoms with Crippen LogP contribution in [0.25, 0.3) is 0 Å². The smallest absolute Gasteiger partial charge is 0.175 e. The Hall–Kier alpha value is -1.11. The maximum atomic E-state index is 11.4. The van der Waals surface area contributed by atoms with Crippen LogP contribution >= 0.6 is 0 Å². The van der Waals surface area contributed by atoms with Crippen LogP contribution in [-0.4, -0.2) is 45.1 Å². The number of nitrogens with one attached hydrogen (secondary N) is 1. The first-order valence-corrected chi connectivity index (χ1v) is 8.11. The maximum Gasteiger partial charge on any atom is 0.175 e. The largest absolute Gasteiger partial charge is 0.394 e. The highest BCUT2D eigenvalue weighted by Gasteiger charge is 2.31. The molecule has 0 amide bonds. The van der Waals surface area contributed by atoms with Crippen molar-refractivity contribution in [3.05, 3.63) is 24.3 Å². The van der Waals surface area contributed by atoms with Gasteiger partial charge in [0, 0.05) is 25.2 Å². The molecule has 6 heteroatoms. The van der Waals surface area contributed by atoms with E-state index >= 15 is 0 Å². The Labute approximate surface area is 113 Å². The Morgan fingerprint density at radius 2 is 1.84 bits per heavy atom. The molecule has 0 atom stereocenters. The molecule has 0 radical (unpaired) electrons. The van der Waals surface area contributed by atoms with Gasteiger partial charge in [-0.1, -0.05) is 0 Å². The zero-order valence-corrected chi connectivity index (χ0v) is 11.7. The van der Waals surface area contributed by atoms with Crippen molar-refractivity contribution in [1.82, 2.24) is 0 Å². The van der Waals surface area contributed by atoms with Crippen molar-refractivity contribution >= 4 is 15.5 Å². The van der Waals surface area contributed by atoms with Crippen LogP contribution in [0.1, 0.15) is 12.8 Å². The Kier molecular flexibility index (Phi) is 4.13. The first kappa shape index (κ1) is 14.3. The summed E-state index contributed by atoms with van der Waals surface area (Å²) in [6.45, 7) is 1.27. The van der Waals surface area contributed by atoms with Gasteiger partial charge in [-0.15, -0.1) is 0 Å². The highest BCUT2D eigenvalue weighted by atomic mass is 32.2. The normalized spacial score (nSPS) is 19.1. The van der Waals surface area contributed by atoms with Gasteiger partial charge < -0.3 is 15.2 Å². The van der Waals surface area contributed by atoms with Crippen LogP contribution < -0.4 is 5.32 Å². The van der Waals surface area contributed by atoms with Crippen molar-refractivity contribution < 1.29 is 18.3 Å². The lowest BCUT2D eigenvalue weighted by Crippen LogP contribution is -2.46. The van der Waals surface area contributed by atoms with Crippen LogP contribution in [-0.2, 0) is 14.6 Å². The standard InChI is InChI=1S/C13H19NO4S/c1-19(16,17)12-4-2-11(3-5-12)14-13(10-15)6-8-18-9-7-13/h2-5,14-15H,6-10H2,1H3. The molecule has 5 nitrogen and oxygen atoms in total. The van der Waals surface area contributed by atoms with E-state index in [1.54, 1.807) is 24.3 Å². The SMILES string of the molecule is CS(=O)(=O)c1ccc(NC2(CO)CCOCC2)cc1. The zero-order valence-electron chi connectivity index (χ0n) is 10.9. The number of benzene rings is 1. The zero-order chi connectivity index (χ0) is 13.9. The molecule has 0 saturated carbocycles. The first-order valence-electron chi connectivity index (χ1n) is 6.22. The third kappa shape index (κ3) is 3.46. The summed E-state index contributed by atoms with van der Waals surface area (Å²) in [5.41, 5.74) is 0.438. The molecule has 106 valence electrons. The number of aliphatic hydroxyl groups is 1. The predicted molar refractivity (Wildman–Crippen MR) is 73.0 cm³/mol. The van der Waals surface area contributed by atoms with Crippen molar-refractivity contribution in [2.75, 3.05) is 31.4 Å². The topological polar surface area (TPSA) is 75.6 Å². The van der Waals surface area contributed by atoms with Gasteiger partial charge in [0.05, 0.1) is 17.0 Å². The lowest BCUT2D eigenvalue weighted by molar-refractivity contribution is 0.0380. The van der Waals surface area contributed by atoms with Gasteiger partial charge in [0.2, 0.25) is 0 Å². The Morgan fingerprint density at radius 3 is 2.32 bits per heavy atom. The van der Waals surface area contributed by atoms with E-state index in [1.807, 2.05) is 0 Å². The second-order valence-corrected chi connectivity index (χ2v) is 6.99. The van der Waals surface area contributed by atoms with E-state index in [0.717, 1.165) is 18.5 Å². The van der Waals surface area contributed by atoms with Crippen molar-refractivity contribution in [1.29, 1.82) is 0 Å². The van der Waals surface area contributed by atoms with Gasteiger partial charge in [0.25, 0.3) is 0 Å². The Morgan fingerprint density at radius 1 is 1.26 bits per heavy atom. The summed E-state index contributed by atoms with van der Waals surface area (Å²) in [6, 6.07) is 6.59. The summed E-state index contributed by atoms with van der Waals surface area (Å²) in [4.78, 5) is 0.295. The van der Waals surface area contributed by atoms with E-state index in [1.165, 1.54) is 6.26 Å². The summed E-state index contributed by atoms with van der Waals surface area (Å²) in [7, 11) is -3.17. The molecular weight excluding hydrogens is 266 g/mol. The number of hydrogen-bond donors (Lipinski definition) is 2. The molecule has 2 N–H and O–H groups in total. The second kappa shape index (κ2) is 5.48. The fourth-order valence-corrected chi connectivity index (χ4v) is 2.81. The Bertz CT molecular complexity index is 518. The molecule has 0 bridgehead atoms. The van der Waals surface area contributed by atoms with Crippen LogP contribution in [0.4, 0.5) is 5.69 Å². The van der Waals surface area contributed by atoms with E-state index in [9.17, 15) is 13.5 Å². The predicted octanol–water partition coefficient (Wildman–Crippen LogP) is 1.04. The van der Waals surface area contributed by atoms with Crippen LogP contribution in [0.2, 0.25) is 0 Å². The van der Waals surface area contributed by atoms with Gasteiger partial charge in [-0.25, -0.2) is 8.42 Å². The molecule has 1 heterocycles. The summed E-state index contributed by atoms with van der Waals surface area (Å²) in [5.74, 6) is 0. The minimum atomic E-state index is -3.17. The third-order valence-corrected chi connectivity index (χ3v) is 4.57. The highest BCUT2D eigenvalue weighted by Crippen LogP contribution is 2.26. The lowest BCUT2D eigenvalue weighted by atomic mass is 9.90. The van der Waals surface area contributed by atoms with Crippen LogP contribution in [0.3, 0.4) is 0 Å². The Balaban J connectivity index is 2.14. The number of hydrogen-bond acceptors (Lipinski definition) is 5.